The largest absolute Gasteiger partial charge is 0.384 e. The zero-order valence-electron chi connectivity index (χ0n) is 17.9. The zero-order valence-corrected chi connectivity index (χ0v) is 17.9. The van der Waals surface area contributed by atoms with Gasteiger partial charge in [-0.15, -0.1) is 0 Å². The number of hydrogen-bond acceptors (Lipinski definition) is 6. The number of rotatable bonds is 5. The number of pyridine rings is 3. The van der Waals surface area contributed by atoms with Crippen LogP contribution in [0.5, 0.6) is 0 Å². The molecule has 0 atom stereocenters. The van der Waals surface area contributed by atoms with E-state index in [4.69, 9.17) is 0 Å². The zero-order chi connectivity index (χ0) is 21.3. The van der Waals surface area contributed by atoms with Gasteiger partial charge in [0.15, 0.2) is 0 Å². The van der Waals surface area contributed by atoms with Crippen molar-refractivity contribution in [2.24, 2.45) is 0 Å². The molecule has 4 rings (SSSR count). The van der Waals surface area contributed by atoms with Gasteiger partial charge in [-0.25, -0.2) is 0 Å². The third-order valence-corrected chi connectivity index (χ3v) is 5.73. The van der Waals surface area contributed by atoms with E-state index >= 15 is 0 Å². The average Bonchev–Trinajstić information content (AvgIpc) is 2.73. The van der Waals surface area contributed by atoms with Crippen molar-refractivity contribution in [3.63, 3.8) is 0 Å². The first-order chi connectivity index (χ1) is 14.3. The van der Waals surface area contributed by atoms with Crippen molar-refractivity contribution in [3.05, 3.63) is 63.8 Å². The van der Waals surface area contributed by atoms with Crippen LogP contribution in [-0.4, -0.2) is 51.1 Å². The van der Waals surface area contributed by atoms with Gasteiger partial charge in [-0.1, -0.05) is 6.92 Å². The first kappa shape index (κ1) is 20.5. The number of aliphatic hydroxyl groups is 1. The fourth-order valence-electron chi connectivity index (χ4n) is 3.87. The standard InChI is InChI=1S/C23H29N5O2/c1-4-17-12-19-20(26-22(17)29)11-16(13-24-19)15-27-7-9-28(10-8-27)18-5-6-21(25-14-18)23(2,3)30/h5-6,11-14,30H,4,7-10,15H2,1-3H3,(H,26,29). The Morgan fingerprint density at radius 3 is 2.50 bits per heavy atom. The quantitative estimate of drug-likeness (QED) is 0.676. The second kappa shape index (κ2) is 8.16. The normalized spacial score (nSPS) is 15.7. The molecule has 1 aliphatic heterocycles. The van der Waals surface area contributed by atoms with E-state index in [1.807, 2.05) is 43.6 Å². The molecule has 7 heteroatoms. The Morgan fingerprint density at radius 1 is 1.10 bits per heavy atom. The van der Waals surface area contributed by atoms with Crippen LogP contribution in [0.4, 0.5) is 5.69 Å². The van der Waals surface area contributed by atoms with Crippen LogP contribution in [-0.2, 0) is 18.6 Å². The van der Waals surface area contributed by atoms with Crippen LogP contribution in [0.2, 0.25) is 0 Å². The van der Waals surface area contributed by atoms with E-state index in [1.165, 1.54) is 0 Å². The van der Waals surface area contributed by atoms with Crippen LogP contribution < -0.4 is 10.5 Å². The smallest absolute Gasteiger partial charge is 0.251 e. The second-order valence-electron chi connectivity index (χ2n) is 8.48. The Bertz CT molecular complexity index is 1080. The molecule has 158 valence electrons. The van der Waals surface area contributed by atoms with Gasteiger partial charge in [0, 0.05) is 44.5 Å². The third kappa shape index (κ3) is 4.37. The lowest BCUT2D eigenvalue weighted by Crippen LogP contribution is -2.46. The highest BCUT2D eigenvalue weighted by Crippen LogP contribution is 2.22. The van der Waals surface area contributed by atoms with Crippen molar-refractivity contribution >= 4 is 16.7 Å². The van der Waals surface area contributed by atoms with Gasteiger partial charge in [0.2, 0.25) is 0 Å². The molecular formula is C23H29N5O2. The number of aromatic amines is 1. The molecule has 3 aromatic heterocycles. The monoisotopic (exact) mass is 407 g/mol. The molecule has 2 N–H and O–H groups in total. The molecule has 0 aliphatic carbocycles. The number of hydrogen-bond donors (Lipinski definition) is 2. The molecule has 7 nitrogen and oxygen atoms in total. The molecule has 0 amide bonds. The molecule has 1 aliphatic rings. The van der Waals surface area contributed by atoms with Crippen molar-refractivity contribution < 1.29 is 5.11 Å². The van der Waals surface area contributed by atoms with Crippen LogP contribution in [0, 0.1) is 0 Å². The lowest BCUT2D eigenvalue weighted by atomic mass is 10.0. The molecule has 0 unspecified atom stereocenters. The van der Waals surface area contributed by atoms with E-state index in [-0.39, 0.29) is 5.56 Å². The van der Waals surface area contributed by atoms with Gasteiger partial charge in [0.25, 0.3) is 5.56 Å². The number of aromatic nitrogens is 3. The molecule has 30 heavy (non-hydrogen) atoms. The highest BCUT2D eigenvalue weighted by Gasteiger charge is 2.20. The van der Waals surface area contributed by atoms with Crippen molar-refractivity contribution in [2.75, 3.05) is 31.1 Å². The van der Waals surface area contributed by atoms with Crippen molar-refractivity contribution in [2.45, 2.75) is 39.3 Å². The second-order valence-corrected chi connectivity index (χ2v) is 8.48. The summed E-state index contributed by atoms with van der Waals surface area (Å²) in [6, 6.07) is 7.85. The maximum absolute atomic E-state index is 12.1. The Balaban J connectivity index is 1.39. The number of anilines is 1. The Labute approximate surface area is 176 Å². The topological polar surface area (TPSA) is 85.3 Å². The van der Waals surface area contributed by atoms with Gasteiger partial charge >= 0.3 is 0 Å². The fraction of sp³-hybridized carbons (Fsp3) is 0.435. The summed E-state index contributed by atoms with van der Waals surface area (Å²) in [4.78, 5) is 28.7. The molecule has 0 radical (unpaired) electrons. The summed E-state index contributed by atoms with van der Waals surface area (Å²) in [6.45, 7) is 9.99. The number of nitrogens with one attached hydrogen (secondary N) is 1. The van der Waals surface area contributed by atoms with Gasteiger partial charge in [-0.05, 0) is 50.1 Å². The van der Waals surface area contributed by atoms with Crippen molar-refractivity contribution in [3.8, 4) is 0 Å². The van der Waals surface area contributed by atoms with Crippen LogP contribution in [0.15, 0.2) is 41.5 Å². The Kier molecular flexibility index (Phi) is 5.58. The van der Waals surface area contributed by atoms with Crippen LogP contribution in [0.25, 0.3) is 11.0 Å². The molecule has 0 spiro atoms. The minimum Gasteiger partial charge on any atom is -0.384 e. The number of aryl methyl sites for hydroxylation is 1. The highest BCUT2D eigenvalue weighted by atomic mass is 16.3. The summed E-state index contributed by atoms with van der Waals surface area (Å²) < 4.78 is 0. The SMILES string of the molecule is CCc1cc2ncc(CN3CCN(c4ccc(C(C)(C)O)nc4)CC3)cc2[nH]c1=O. The number of nitrogens with zero attached hydrogens (tertiary/aromatic N) is 4. The fourth-order valence-corrected chi connectivity index (χ4v) is 3.87. The van der Waals surface area contributed by atoms with E-state index in [0.717, 1.165) is 60.6 Å². The van der Waals surface area contributed by atoms with Gasteiger partial charge in [0.1, 0.15) is 5.60 Å². The summed E-state index contributed by atoms with van der Waals surface area (Å²) in [6.07, 6.45) is 4.46. The molecule has 3 aromatic rings. The highest BCUT2D eigenvalue weighted by molar-refractivity contribution is 5.74. The summed E-state index contributed by atoms with van der Waals surface area (Å²) in [5.41, 5.74) is 4.32. The molecule has 0 saturated carbocycles. The van der Waals surface area contributed by atoms with Crippen LogP contribution in [0.3, 0.4) is 0 Å². The summed E-state index contributed by atoms with van der Waals surface area (Å²) in [5.74, 6) is 0. The van der Waals surface area contributed by atoms with Crippen LogP contribution >= 0.6 is 0 Å². The Morgan fingerprint density at radius 2 is 1.87 bits per heavy atom. The van der Waals surface area contributed by atoms with Gasteiger partial charge in [-0.2, -0.15) is 0 Å². The van der Waals surface area contributed by atoms with E-state index in [9.17, 15) is 9.90 Å². The summed E-state index contributed by atoms with van der Waals surface area (Å²) in [5, 5.41) is 10.1. The maximum Gasteiger partial charge on any atom is 0.251 e. The Hall–Kier alpha value is -2.77. The number of H-pyrrole nitrogens is 1. The van der Waals surface area contributed by atoms with Crippen LogP contribution in [0.1, 0.15) is 37.6 Å². The van der Waals surface area contributed by atoms with E-state index in [1.54, 1.807) is 13.8 Å². The first-order valence-electron chi connectivity index (χ1n) is 10.5. The first-order valence-corrected chi connectivity index (χ1v) is 10.5. The molecule has 4 heterocycles. The lowest BCUT2D eigenvalue weighted by Gasteiger charge is -2.36. The van der Waals surface area contributed by atoms with Gasteiger partial charge in [-0.3, -0.25) is 19.7 Å². The molecule has 0 aromatic carbocycles. The van der Waals surface area contributed by atoms with E-state index < -0.39 is 5.60 Å². The van der Waals surface area contributed by atoms with Crippen molar-refractivity contribution in [1.82, 2.24) is 19.9 Å². The minimum absolute atomic E-state index is 0.0261. The number of fused-ring (bicyclic) bond motifs is 1. The van der Waals surface area contributed by atoms with E-state index in [0.29, 0.717) is 12.1 Å². The lowest BCUT2D eigenvalue weighted by molar-refractivity contribution is 0.0739. The molecule has 1 fully saturated rings. The molecular weight excluding hydrogens is 378 g/mol. The summed E-state index contributed by atoms with van der Waals surface area (Å²) >= 11 is 0. The van der Waals surface area contributed by atoms with Gasteiger partial charge < -0.3 is 15.0 Å². The third-order valence-electron chi connectivity index (χ3n) is 5.73. The minimum atomic E-state index is -0.923. The van der Waals surface area contributed by atoms with Crippen molar-refractivity contribution in [1.29, 1.82) is 0 Å². The van der Waals surface area contributed by atoms with Gasteiger partial charge in [0.05, 0.1) is 28.6 Å². The molecule has 0 bridgehead atoms. The molecule has 1 saturated heterocycles. The maximum atomic E-state index is 12.1. The summed E-state index contributed by atoms with van der Waals surface area (Å²) in [7, 11) is 0. The average molecular weight is 408 g/mol. The number of piperazine rings is 1. The predicted octanol–water partition coefficient (Wildman–Crippen LogP) is 2.43. The predicted molar refractivity (Wildman–Crippen MR) is 119 cm³/mol. The van der Waals surface area contributed by atoms with E-state index in [2.05, 4.69) is 24.8 Å².